The molecule has 2 nitrogen and oxygen atoms in total. The second-order valence-corrected chi connectivity index (χ2v) is 16.4. The maximum absolute atomic E-state index is 6.20. The van der Waals surface area contributed by atoms with Crippen LogP contribution < -0.4 is 4.90 Å². The maximum atomic E-state index is 6.20. The summed E-state index contributed by atoms with van der Waals surface area (Å²) in [5.74, 6) is 0. The van der Waals surface area contributed by atoms with Crippen LogP contribution in [-0.4, -0.2) is 0 Å². The Morgan fingerprint density at radius 2 is 0.810 bits per heavy atom. The van der Waals surface area contributed by atoms with Gasteiger partial charge < -0.3 is 9.32 Å². The summed E-state index contributed by atoms with van der Waals surface area (Å²) < 4.78 is 6.20. The molecule has 1 aliphatic rings. The molecule has 0 bridgehead atoms. The zero-order valence-electron chi connectivity index (χ0n) is 34.5. The molecule has 63 heavy (non-hydrogen) atoms. The molecule has 11 aromatic rings. The van der Waals surface area contributed by atoms with Crippen molar-refractivity contribution in [2.75, 3.05) is 4.90 Å². The summed E-state index contributed by atoms with van der Waals surface area (Å²) in [6.45, 7) is 0. The monoisotopic (exact) mass is 803 g/mol. The van der Waals surface area contributed by atoms with Gasteiger partial charge in [-0.25, -0.2) is 0 Å². The SMILES string of the molecule is c1ccc(-c2cccc(-c3ccccc3)c2N(c2ccc(-c3ccc4oc5ccccc5c4c3)cc2)c2ccc3c(c2)C(c2ccccc2)(c2ccccc2)c2ccccc2-3)cc1. The molecule has 0 amide bonds. The average molecular weight is 804 g/mol. The zero-order chi connectivity index (χ0) is 41.7. The number of hydrogen-bond acceptors (Lipinski definition) is 2. The molecule has 10 aromatic carbocycles. The van der Waals surface area contributed by atoms with E-state index in [-0.39, 0.29) is 0 Å². The first-order chi connectivity index (χ1) is 31.3. The van der Waals surface area contributed by atoms with Crippen LogP contribution in [0.5, 0.6) is 0 Å². The van der Waals surface area contributed by atoms with Gasteiger partial charge in [0, 0.05) is 33.3 Å². The van der Waals surface area contributed by atoms with E-state index < -0.39 is 5.41 Å². The Morgan fingerprint density at radius 3 is 1.48 bits per heavy atom. The Kier molecular flexibility index (Phi) is 8.76. The first-order valence-electron chi connectivity index (χ1n) is 21.7. The quantitative estimate of drug-likeness (QED) is 0.152. The molecule has 0 saturated heterocycles. The zero-order valence-corrected chi connectivity index (χ0v) is 34.5. The van der Waals surface area contributed by atoms with Gasteiger partial charge in [0.15, 0.2) is 0 Å². The molecule has 0 aliphatic heterocycles. The first kappa shape index (κ1) is 36.6. The highest BCUT2D eigenvalue weighted by Crippen LogP contribution is 2.58. The Hall–Kier alpha value is -8.20. The number of fused-ring (bicyclic) bond motifs is 6. The first-order valence-corrected chi connectivity index (χ1v) is 21.7. The Morgan fingerprint density at radius 1 is 0.302 bits per heavy atom. The van der Waals surface area contributed by atoms with Crippen molar-refractivity contribution in [3.8, 4) is 44.5 Å². The molecule has 0 fully saturated rings. The molecule has 1 heterocycles. The standard InChI is InChI=1S/C61H41NO/c1-5-18-43(19-6-1)50-28-17-29-51(44-20-7-2-8-21-44)60(50)62(48-35-32-42(33-36-48)45-34-39-59-55(40-45)54-27-14-16-31-58(54)63-59)49-37-38-53-52-26-13-15-30-56(52)61(57(53)41-49,46-22-9-3-10-23-46)47-24-11-4-12-25-47/h1-41H. The van der Waals surface area contributed by atoms with Gasteiger partial charge >= 0.3 is 0 Å². The van der Waals surface area contributed by atoms with Crippen LogP contribution in [0.25, 0.3) is 66.4 Å². The number of benzene rings is 10. The summed E-state index contributed by atoms with van der Waals surface area (Å²) in [5.41, 5.74) is 19.0. The van der Waals surface area contributed by atoms with Crippen LogP contribution in [0, 0.1) is 0 Å². The Balaban J connectivity index is 1.12. The predicted molar refractivity (Wildman–Crippen MR) is 262 cm³/mol. The van der Waals surface area contributed by atoms with Gasteiger partial charge in [0.2, 0.25) is 0 Å². The van der Waals surface area contributed by atoms with Crippen molar-refractivity contribution in [2.24, 2.45) is 0 Å². The van der Waals surface area contributed by atoms with E-state index in [2.05, 4.69) is 241 Å². The molecular weight excluding hydrogens is 763 g/mol. The van der Waals surface area contributed by atoms with Crippen molar-refractivity contribution >= 4 is 39.0 Å². The lowest BCUT2D eigenvalue weighted by atomic mass is 9.67. The van der Waals surface area contributed by atoms with E-state index in [1.165, 1.54) is 33.4 Å². The van der Waals surface area contributed by atoms with E-state index in [1.807, 2.05) is 12.1 Å². The minimum Gasteiger partial charge on any atom is -0.456 e. The number of para-hydroxylation sites is 2. The summed E-state index contributed by atoms with van der Waals surface area (Å²) in [7, 11) is 0. The highest BCUT2D eigenvalue weighted by Gasteiger charge is 2.46. The average Bonchev–Trinajstić information content (AvgIpc) is 3.89. The van der Waals surface area contributed by atoms with Crippen molar-refractivity contribution in [1.82, 2.24) is 0 Å². The molecule has 0 N–H and O–H groups in total. The minimum absolute atomic E-state index is 0.545. The summed E-state index contributed by atoms with van der Waals surface area (Å²) in [5, 5.41) is 2.25. The van der Waals surface area contributed by atoms with Crippen LogP contribution in [0.4, 0.5) is 17.1 Å². The van der Waals surface area contributed by atoms with Crippen LogP contribution in [0.2, 0.25) is 0 Å². The van der Waals surface area contributed by atoms with E-state index in [0.29, 0.717) is 0 Å². The number of rotatable bonds is 8. The highest BCUT2D eigenvalue weighted by molar-refractivity contribution is 6.06. The number of hydrogen-bond donors (Lipinski definition) is 0. The van der Waals surface area contributed by atoms with Crippen LogP contribution in [0.15, 0.2) is 253 Å². The van der Waals surface area contributed by atoms with Crippen LogP contribution in [0.3, 0.4) is 0 Å². The van der Waals surface area contributed by atoms with Crippen LogP contribution in [-0.2, 0) is 5.41 Å². The van der Waals surface area contributed by atoms with E-state index in [0.717, 1.165) is 72.4 Å². The second-order valence-electron chi connectivity index (χ2n) is 16.4. The van der Waals surface area contributed by atoms with Crippen molar-refractivity contribution in [3.63, 3.8) is 0 Å². The van der Waals surface area contributed by atoms with Crippen molar-refractivity contribution in [2.45, 2.75) is 5.41 Å². The summed E-state index contributed by atoms with van der Waals surface area (Å²) >= 11 is 0. The predicted octanol–water partition coefficient (Wildman–Crippen LogP) is 16.4. The van der Waals surface area contributed by atoms with E-state index >= 15 is 0 Å². The largest absolute Gasteiger partial charge is 0.456 e. The normalized spacial score (nSPS) is 12.6. The van der Waals surface area contributed by atoms with Crippen molar-refractivity contribution < 1.29 is 4.42 Å². The molecule has 12 rings (SSSR count). The molecule has 1 aliphatic carbocycles. The summed E-state index contributed by atoms with van der Waals surface area (Å²) in [4.78, 5) is 2.49. The summed E-state index contributed by atoms with van der Waals surface area (Å²) in [6.07, 6.45) is 0. The third-order valence-electron chi connectivity index (χ3n) is 13.0. The fraction of sp³-hybridized carbons (Fsp3) is 0.0164. The smallest absolute Gasteiger partial charge is 0.135 e. The number of furan rings is 1. The molecule has 0 unspecified atom stereocenters. The molecule has 2 heteroatoms. The van der Waals surface area contributed by atoms with Gasteiger partial charge in [-0.05, 0) is 98.1 Å². The Labute approximate surface area is 367 Å². The highest BCUT2D eigenvalue weighted by atomic mass is 16.3. The Bertz CT molecular complexity index is 3330. The van der Waals surface area contributed by atoms with E-state index in [9.17, 15) is 0 Å². The van der Waals surface area contributed by atoms with Gasteiger partial charge in [0.25, 0.3) is 0 Å². The molecular formula is C61H41NO. The maximum Gasteiger partial charge on any atom is 0.135 e. The van der Waals surface area contributed by atoms with E-state index in [1.54, 1.807) is 0 Å². The van der Waals surface area contributed by atoms with Crippen molar-refractivity contribution in [1.29, 1.82) is 0 Å². The lowest BCUT2D eigenvalue weighted by Gasteiger charge is -2.35. The van der Waals surface area contributed by atoms with Gasteiger partial charge in [0.05, 0.1) is 11.1 Å². The van der Waals surface area contributed by atoms with Crippen LogP contribution >= 0.6 is 0 Å². The molecule has 296 valence electrons. The van der Waals surface area contributed by atoms with Crippen molar-refractivity contribution in [3.05, 3.63) is 271 Å². The fourth-order valence-electron chi connectivity index (χ4n) is 10.2. The number of anilines is 3. The van der Waals surface area contributed by atoms with Gasteiger partial charge in [-0.3, -0.25) is 0 Å². The third kappa shape index (κ3) is 5.95. The lowest BCUT2D eigenvalue weighted by Crippen LogP contribution is -2.28. The lowest BCUT2D eigenvalue weighted by molar-refractivity contribution is 0.669. The molecule has 1 aromatic heterocycles. The molecule has 0 spiro atoms. The fourth-order valence-corrected chi connectivity index (χ4v) is 10.2. The summed E-state index contributed by atoms with van der Waals surface area (Å²) in [6, 6.07) is 90.5. The van der Waals surface area contributed by atoms with E-state index in [4.69, 9.17) is 4.42 Å². The van der Waals surface area contributed by atoms with Crippen LogP contribution in [0.1, 0.15) is 22.3 Å². The second kappa shape index (κ2) is 15.1. The van der Waals surface area contributed by atoms with Gasteiger partial charge in [-0.2, -0.15) is 0 Å². The van der Waals surface area contributed by atoms with Gasteiger partial charge in [0.1, 0.15) is 11.2 Å². The molecule has 0 atom stereocenters. The molecule has 0 radical (unpaired) electrons. The number of nitrogens with zero attached hydrogens (tertiary/aromatic N) is 1. The van der Waals surface area contributed by atoms with Gasteiger partial charge in [-0.15, -0.1) is 0 Å². The minimum atomic E-state index is -0.545. The van der Waals surface area contributed by atoms with Gasteiger partial charge in [-0.1, -0.05) is 206 Å². The topological polar surface area (TPSA) is 16.4 Å². The third-order valence-corrected chi connectivity index (χ3v) is 13.0. The molecule has 0 saturated carbocycles.